The highest BCUT2D eigenvalue weighted by molar-refractivity contribution is 6.05. The number of ketones is 1. The lowest BCUT2D eigenvalue weighted by molar-refractivity contribution is 0.0914. The van der Waals surface area contributed by atoms with Gasteiger partial charge in [0, 0.05) is 17.2 Å². The average molecular weight is 253 g/mol. The minimum absolute atomic E-state index is 0.179. The smallest absolute Gasteiger partial charge is 0.170 e. The standard InChI is InChI=1S/C17H19NO/c19-17-13-7-3-4-8-15(13)18-16-12(9-10-14(16)17)11-5-1-2-6-11/h3-4,7-8,14,16,18H,1-2,5-6,9-10H2/t14-,16+/m1/s1. The molecule has 1 heterocycles. The number of fused-ring (bicyclic) bond motifs is 2. The van der Waals surface area contributed by atoms with Gasteiger partial charge in [-0.25, -0.2) is 0 Å². The van der Waals surface area contributed by atoms with Gasteiger partial charge in [0.2, 0.25) is 0 Å². The van der Waals surface area contributed by atoms with Crippen LogP contribution in [0.15, 0.2) is 35.4 Å². The van der Waals surface area contributed by atoms with Gasteiger partial charge >= 0.3 is 0 Å². The summed E-state index contributed by atoms with van der Waals surface area (Å²) in [5.74, 6) is 0.533. The van der Waals surface area contributed by atoms with E-state index in [4.69, 9.17) is 0 Å². The monoisotopic (exact) mass is 253 g/mol. The number of hydrogen-bond acceptors (Lipinski definition) is 2. The topological polar surface area (TPSA) is 29.1 Å². The zero-order chi connectivity index (χ0) is 12.8. The summed E-state index contributed by atoms with van der Waals surface area (Å²) in [7, 11) is 0. The molecule has 1 aliphatic heterocycles. The lowest BCUT2D eigenvalue weighted by Gasteiger charge is -2.30. The van der Waals surface area contributed by atoms with E-state index in [0.717, 1.165) is 24.1 Å². The molecule has 19 heavy (non-hydrogen) atoms. The van der Waals surface area contributed by atoms with E-state index in [1.165, 1.54) is 25.7 Å². The fourth-order valence-electron chi connectivity index (χ4n) is 4.06. The number of allylic oxidation sites excluding steroid dienone is 1. The van der Waals surface area contributed by atoms with E-state index in [0.29, 0.717) is 5.78 Å². The van der Waals surface area contributed by atoms with E-state index < -0.39 is 0 Å². The predicted molar refractivity (Wildman–Crippen MR) is 76.4 cm³/mol. The van der Waals surface area contributed by atoms with Crippen LogP contribution in [-0.2, 0) is 0 Å². The van der Waals surface area contributed by atoms with E-state index in [1.807, 2.05) is 24.3 Å². The Morgan fingerprint density at radius 2 is 1.84 bits per heavy atom. The van der Waals surface area contributed by atoms with Crippen molar-refractivity contribution in [3.63, 3.8) is 0 Å². The van der Waals surface area contributed by atoms with Crippen LogP contribution < -0.4 is 5.32 Å². The second-order valence-electron chi connectivity index (χ2n) is 6.01. The van der Waals surface area contributed by atoms with E-state index >= 15 is 0 Å². The molecule has 1 aromatic rings. The molecule has 2 fully saturated rings. The van der Waals surface area contributed by atoms with Crippen molar-refractivity contribution in [2.75, 3.05) is 5.32 Å². The van der Waals surface area contributed by atoms with Crippen molar-refractivity contribution in [3.05, 3.63) is 41.0 Å². The van der Waals surface area contributed by atoms with Crippen LogP contribution in [0.2, 0.25) is 0 Å². The van der Waals surface area contributed by atoms with Crippen LogP contribution in [0.3, 0.4) is 0 Å². The van der Waals surface area contributed by atoms with Gasteiger partial charge < -0.3 is 5.32 Å². The Morgan fingerprint density at radius 1 is 1.05 bits per heavy atom. The Bertz CT molecular complexity index is 564. The van der Waals surface area contributed by atoms with Gasteiger partial charge in [-0.3, -0.25) is 4.79 Å². The predicted octanol–water partition coefficient (Wildman–Crippen LogP) is 3.94. The molecule has 2 aliphatic carbocycles. The van der Waals surface area contributed by atoms with Gasteiger partial charge in [0.25, 0.3) is 0 Å². The Hall–Kier alpha value is -1.57. The summed E-state index contributed by atoms with van der Waals surface area (Å²) in [5, 5.41) is 3.64. The summed E-state index contributed by atoms with van der Waals surface area (Å²) in [6, 6.07) is 8.26. The third-order valence-electron chi connectivity index (χ3n) is 5.00. The molecule has 2 saturated carbocycles. The van der Waals surface area contributed by atoms with Crippen LogP contribution in [0.4, 0.5) is 5.69 Å². The van der Waals surface area contributed by atoms with Gasteiger partial charge in [0.1, 0.15) is 0 Å². The third kappa shape index (κ3) is 1.66. The molecule has 2 nitrogen and oxygen atoms in total. The van der Waals surface area contributed by atoms with Crippen molar-refractivity contribution in [2.24, 2.45) is 5.92 Å². The number of carbonyl (C=O) groups excluding carboxylic acids is 1. The van der Waals surface area contributed by atoms with E-state index in [-0.39, 0.29) is 12.0 Å². The highest BCUT2D eigenvalue weighted by atomic mass is 16.1. The van der Waals surface area contributed by atoms with E-state index in [2.05, 4.69) is 5.32 Å². The Labute approximate surface area is 113 Å². The van der Waals surface area contributed by atoms with Crippen molar-refractivity contribution in [1.29, 1.82) is 0 Å². The summed E-state index contributed by atoms with van der Waals surface area (Å²) in [5.41, 5.74) is 5.13. The molecular formula is C17H19NO. The van der Waals surface area contributed by atoms with Gasteiger partial charge in [0.15, 0.2) is 5.78 Å². The second-order valence-corrected chi connectivity index (χ2v) is 6.01. The first-order valence-electron chi connectivity index (χ1n) is 7.45. The first-order valence-corrected chi connectivity index (χ1v) is 7.45. The molecule has 0 radical (unpaired) electrons. The molecule has 1 aromatic carbocycles. The summed E-state index contributed by atoms with van der Waals surface area (Å²) in [6.45, 7) is 0. The molecule has 2 heteroatoms. The highest BCUT2D eigenvalue weighted by Crippen LogP contribution is 2.44. The van der Waals surface area contributed by atoms with Crippen LogP contribution in [0.25, 0.3) is 0 Å². The molecule has 4 rings (SSSR count). The summed E-state index contributed by atoms with van der Waals surface area (Å²) < 4.78 is 0. The molecule has 98 valence electrons. The largest absolute Gasteiger partial charge is 0.377 e. The Kier molecular flexibility index (Phi) is 2.51. The van der Waals surface area contributed by atoms with Crippen molar-refractivity contribution in [3.8, 4) is 0 Å². The molecule has 1 N–H and O–H groups in total. The average Bonchev–Trinajstić information content (AvgIpc) is 3.07. The zero-order valence-corrected chi connectivity index (χ0v) is 11.1. The minimum atomic E-state index is 0.179. The first-order chi connectivity index (χ1) is 9.34. The molecule has 3 aliphatic rings. The molecule has 0 bridgehead atoms. The number of nitrogens with one attached hydrogen (secondary N) is 1. The molecule has 2 atom stereocenters. The van der Waals surface area contributed by atoms with Crippen molar-refractivity contribution in [1.82, 2.24) is 0 Å². The van der Waals surface area contributed by atoms with Gasteiger partial charge in [-0.15, -0.1) is 0 Å². The normalized spacial score (nSPS) is 29.2. The Balaban J connectivity index is 1.76. The maximum atomic E-state index is 12.6. The van der Waals surface area contributed by atoms with Crippen molar-refractivity contribution in [2.45, 2.75) is 44.6 Å². The van der Waals surface area contributed by atoms with Crippen LogP contribution in [-0.4, -0.2) is 11.8 Å². The summed E-state index contributed by atoms with van der Waals surface area (Å²) in [6.07, 6.45) is 7.34. The fourth-order valence-corrected chi connectivity index (χ4v) is 4.06. The number of hydrogen-bond donors (Lipinski definition) is 1. The summed E-state index contributed by atoms with van der Waals surface area (Å²) in [4.78, 5) is 12.6. The molecule has 0 amide bonds. The number of carbonyl (C=O) groups is 1. The van der Waals surface area contributed by atoms with Crippen molar-refractivity contribution < 1.29 is 4.79 Å². The Morgan fingerprint density at radius 3 is 2.68 bits per heavy atom. The third-order valence-corrected chi connectivity index (χ3v) is 5.00. The van der Waals surface area contributed by atoms with Crippen LogP contribution in [0, 0.1) is 5.92 Å². The quantitative estimate of drug-likeness (QED) is 0.709. The van der Waals surface area contributed by atoms with Crippen LogP contribution in [0.5, 0.6) is 0 Å². The molecule has 0 spiro atoms. The molecule has 0 saturated heterocycles. The minimum Gasteiger partial charge on any atom is -0.377 e. The lowest BCUT2D eigenvalue weighted by atomic mass is 9.86. The number of para-hydroxylation sites is 1. The SMILES string of the molecule is O=C1c2ccccc2N[C@H]2C(=C3CCCC3)CC[C@@H]12. The zero-order valence-electron chi connectivity index (χ0n) is 11.1. The van der Waals surface area contributed by atoms with Crippen molar-refractivity contribution >= 4 is 11.5 Å². The van der Waals surface area contributed by atoms with Gasteiger partial charge in [-0.1, -0.05) is 17.7 Å². The second kappa shape index (κ2) is 4.22. The first kappa shape index (κ1) is 11.3. The maximum Gasteiger partial charge on any atom is 0.170 e. The van der Waals surface area contributed by atoms with Gasteiger partial charge in [0.05, 0.1) is 6.04 Å². The fraction of sp³-hybridized carbons (Fsp3) is 0.471. The van der Waals surface area contributed by atoms with Gasteiger partial charge in [-0.2, -0.15) is 0 Å². The molecular weight excluding hydrogens is 234 g/mol. The molecule has 0 unspecified atom stereocenters. The summed E-state index contributed by atoms with van der Waals surface area (Å²) >= 11 is 0. The maximum absolute atomic E-state index is 12.6. The van der Waals surface area contributed by atoms with E-state index in [9.17, 15) is 4.79 Å². The number of rotatable bonds is 0. The van der Waals surface area contributed by atoms with Crippen LogP contribution in [0.1, 0.15) is 48.9 Å². The van der Waals surface area contributed by atoms with E-state index in [1.54, 1.807) is 11.1 Å². The molecule has 0 aromatic heterocycles. The number of benzene rings is 1. The van der Waals surface area contributed by atoms with Crippen LogP contribution >= 0.6 is 0 Å². The van der Waals surface area contributed by atoms with Gasteiger partial charge in [-0.05, 0) is 56.2 Å². The number of anilines is 1. The number of Topliss-reactive ketones (excluding diaryl/α,β-unsaturated/α-hetero) is 1. The highest BCUT2D eigenvalue weighted by Gasteiger charge is 2.42. The lowest BCUT2D eigenvalue weighted by Crippen LogP contribution is -2.36.